The van der Waals surface area contributed by atoms with Gasteiger partial charge in [0.15, 0.2) is 0 Å². The van der Waals surface area contributed by atoms with Crippen LogP contribution in [0.5, 0.6) is 0 Å². The molecule has 1 aromatic heterocycles. The first-order valence-electron chi connectivity index (χ1n) is 5.19. The van der Waals surface area contributed by atoms with Gasteiger partial charge in [-0.05, 0) is 19.9 Å². The Kier molecular flexibility index (Phi) is 3.13. The van der Waals surface area contributed by atoms with Gasteiger partial charge in [-0.1, -0.05) is 0 Å². The number of aromatic nitrogens is 2. The molecule has 0 spiro atoms. The third-order valence-electron chi connectivity index (χ3n) is 2.36. The fourth-order valence-corrected chi connectivity index (χ4v) is 1.63. The summed E-state index contributed by atoms with van der Waals surface area (Å²) in [6.45, 7) is 4.65. The number of hydrogen-bond acceptors (Lipinski definition) is 5. The first kappa shape index (κ1) is 10.3. The van der Waals surface area contributed by atoms with E-state index in [0.717, 1.165) is 35.9 Å². The molecule has 5 nitrogen and oxygen atoms in total. The second-order valence-electron chi connectivity index (χ2n) is 3.61. The molecule has 0 bridgehead atoms. The van der Waals surface area contributed by atoms with Gasteiger partial charge in [-0.25, -0.2) is 9.97 Å². The summed E-state index contributed by atoms with van der Waals surface area (Å²) in [5.41, 5.74) is 7.54. The molecule has 1 aliphatic heterocycles. The van der Waals surface area contributed by atoms with Crippen LogP contribution in [0.1, 0.15) is 23.5 Å². The lowest BCUT2D eigenvalue weighted by molar-refractivity contribution is 0.133. The van der Waals surface area contributed by atoms with Crippen LogP contribution >= 0.6 is 0 Å². The van der Waals surface area contributed by atoms with Crippen LogP contribution in [0.4, 0.5) is 5.82 Å². The summed E-state index contributed by atoms with van der Waals surface area (Å²) >= 11 is 0. The van der Waals surface area contributed by atoms with E-state index >= 15 is 0 Å². The van der Waals surface area contributed by atoms with E-state index in [-0.39, 0.29) is 0 Å². The minimum Gasteiger partial charge on any atom is -0.370 e. The minimum absolute atomic E-state index is 0.601. The van der Waals surface area contributed by atoms with Crippen molar-refractivity contribution in [2.24, 2.45) is 5.73 Å². The second-order valence-corrected chi connectivity index (χ2v) is 3.61. The maximum atomic E-state index is 5.44. The zero-order valence-corrected chi connectivity index (χ0v) is 8.92. The van der Waals surface area contributed by atoms with E-state index < -0.39 is 0 Å². The van der Waals surface area contributed by atoms with Crippen LogP contribution in [0.15, 0.2) is 0 Å². The Hall–Kier alpha value is -1.20. The lowest BCUT2D eigenvalue weighted by Gasteiger charge is -2.09. The summed E-state index contributed by atoms with van der Waals surface area (Å²) in [7, 11) is 0. The standard InChI is InChI=1S/C10H16N4O/c1-7-13-9-6-15-5-8(9)10(14-7)12-4-2-3-11/h2-6,11H2,1H3,(H,12,13,14). The number of nitrogens with two attached hydrogens (primary N) is 1. The molecule has 0 saturated carbocycles. The topological polar surface area (TPSA) is 73.1 Å². The summed E-state index contributed by atoms with van der Waals surface area (Å²) < 4.78 is 5.35. The number of ether oxygens (including phenoxy) is 1. The molecule has 2 rings (SSSR count). The van der Waals surface area contributed by atoms with Crippen LogP contribution in [0, 0.1) is 6.92 Å². The molecule has 0 fully saturated rings. The number of fused-ring (bicyclic) bond motifs is 1. The maximum Gasteiger partial charge on any atom is 0.135 e. The largest absolute Gasteiger partial charge is 0.370 e. The highest BCUT2D eigenvalue weighted by Gasteiger charge is 2.18. The van der Waals surface area contributed by atoms with Crippen molar-refractivity contribution in [3.05, 3.63) is 17.1 Å². The van der Waals surface area contributed by atoms with Crippen LogP contribution in [0.25, 0.3) is 0 Å². The van der Waals surface area contributed by atoms with E-state index in [0.29, 0.717) is 19.8 Å². The average Bonchev–Trinajstić information content (AvgIpc) is 2.65. The van der Waals surface area contributed by atoms with E-state index in [1.807, 2.05) is 6.92 Å². The third kappa shape index (κ3) is 2.24. The van der Waals surface area contributed by atoms with Gasteiger partial charge in [-0.3, -0.25) is 0 Å². The molecule has 0 aliphatic carbocycles. The summed E-state index contributed by atoms with van der Waals surface area (Å²) in [5.74, 6) is 1.69. The van der Waals surface area contributed by atoms with Crippen LogP contribution in [0.3, 0.4) is 0 Å². The van der Waals surface area contributed by atoms with Crippen molar-refractivity contribution in [1.29, 1.82) is 0 Å². The fourth-order valence-electron chi connectivity index (χ4n) is 1.63. The first-order chi connectivity index (χ1) is 7.31. The molecule has 0 saturated heterocycles. The Labute approximate surface area is 89.1 Å². The zero-order chi connectivity index (χ0) is 10.7. The normalized spacial score (nSPS) is 14.0. The van der Waals surface area contributed by atoms with Crippen molar-refractivity contribution in [1.82, 2.24) is 9.97 Å². The molecule has 0 aromatic carbocycles. The van der Waals surface area contributed by atoms with Gasteiger partial charge in [0.25, 0.3) is 0 Å². The molecule has 5 heteroatoms. The van der Waals surface area contributed by atoms with E-state index in [1.165, 1.54) is 0 Å². The number of rotatable bonds is 4. The third-order valence-corrected chi connectivity index (χ3v) is 2.36. The van der Waals surface area contributed by atoms with Crippen molar-refractivity contribution in [2.75, 3.05) is 18.4 Å². The van der Waals surface area contributed by atoms with Gasteiger partial charge in [0.2, 0.25) is 0 Å². The molecule has 0 radical (unpaired) electrons. The van der Waals surface area contributed by atoms with Gasteiger partial charge in [0, 0.05) is 12.1 Å². The van der Waals surface area contributed by atoms with Gasteiger partial charge in [0.05, 0.1) is 18.9 Å². The highest BCUT2D eigenvalue weighted by atomic mass is 16.5. The average molecular weight is 208 g/mol. The van der Waals surface area contributed by atoms with Crippen molar-refractivity contribution in [3.8, 4) is 0 Å². The monoisotopic (exact) mass is 208 g/mol. The number of aryl methyl sites for hydroxylation is 1. The van der Waals surface area contributed by atoms with Crippen LogP contribution < -0.4 is 11.1 Å². The SMILES string of the molecule is Cc1nc2c(c(NCCCN)n1)COC2. The molecule has 15 heavy (non-hydrogen) atoms. The number of anilines is 1. The molecule has 0 unspecified atom stereocenters. The van der Waals surface area contributed by atoms with E-state index in [2.05, 4.69) is 15.3 Å². The smallest absolute Gasteiger partial charge is 0.135 e. The van der Waals surface area contributed by atoms with E-state index in [9.17, 15) is 0 Å². The number of nitrogens with zero attached hydrogens (tertiary/aromatic N) is 2. The highest BCUT2D eigenvalue weighted by Crippen LogP contribution is 2.24. The predicted octanol–water partition coefficient (Wildman–Crippen LogP) is 0.576. The molecular formula is C10H16N4O. The van der Waals surface area contributed by atoms with Gasteiger partial charge in [-0.2, -0.15) is 0 Å². The summed E-state index contributed by atoms with van der Waals surface area (Å²) in [6.07, 6.45) is 0.943. The highest BCUT2D eigenvalue weighted by molar-refractivity contribution is 5.47. The summed E-state index contributed by atoms with van der Waals surface area (Å²) in [6, 6.07) is 0. The molecule has 3 N–H and O–H groups in total. The van der Waals surface area contributed by atoms with Crippen LogP contribution in [-0.2, 0) is 18.0 Å². The summed E-state index contributed by atoms with van der Waals surface area (Å²) in [5, 5.41) is 3.28. The molecule has 0 atom stereocenters. The Morgan fingerprint density at radius 3 is 3.07 bits per heavy atom. The Morgan fingerprint density at radius 2 is 2.27 bits per heavy atom. The zero-order valence-electron chi connectivity index (χ0n) is 8.92. The van der Waals surface area contributed by atoms with Gasteiger partial charge < -0.3 is 15.8 Å². The molecule has 1 aromatic rings. The number of hydrogen-bond donors (Lipinski definition) is 2. The van der Waals surface area contributed by atoms with Crippen molar-refractivity contribution in [2.45, 2.75) is 26.6 Å². The molecular weight excluding hydrogens is 192 g/mol. The fraction of sp³-hybridized carbons (Fsp3) is 0.600. The predicted molar refractivity (Wildman–Crippen MR) is 57.4 cm³/mol. The Balaban J connectivity index is 2.15. The maximum absolute atomic E-state index is 5.44. The Morgan fingerprint density at radius 1 is 1.40 bits per heavy atom. The molecule has 82 valence electrons. The lowest BCUT2D eigenvalue weighted by Crippen LogP contribution is -2.12. The van der Waals surface area contributed by atoms with Gasteiger partial charge in [0.1, 0.15) is 11.6 Å². The minimum atomic E-state index is 0.601. The molecule has 2 heterocycles. The summed E-state index contributed by atoms with van der Waals surface area (Å²) in [4.78, 5) is 8.72. The Bertz CT molecular complexity index is 354. The van der Waals surface area contributed by atoms with E-state index in [1.54, 1.807) is 0 Å². The van der Waals surface area contributed by atoms with Crippen molar-refractivity contribution < 1.29 is 4.74 Å². The number of nitrogens with one attached hydrogen (secondary N) is 1. The lowest BCUT2D eigenvalue weighted by atomic mass is 10.2. The van der Waals surface area contributed by atoms with Crippen LogP contribution in [0.2, 0.25) is 0 Å². The van der Waals surface area contributed by atoms with Gasteiger partial charge >= 0.3 is 0 Å². The second kappa shape index (κ2) is 4.55. The van der Waals surface area contributed by atoms with Crippen LogP contribution in [-0.4, -0.2) is 23.1 Å². The molecule has 0 amide bonds. The quantitative estimate of drug-likeness (QED) is 0.708. The van der Waals surface area contributed by atoms with E-state index in [4.69, 9.17) is 10.5 Å². The molecule has 1 aliphatic rings. The van der Waals surface area contributed by atoms with Crippen molar-refractivity contribution >= 4 is 5.82 Å². The first-order valence-corrected chi connectivity index (χ1v) is 5.19. The van der Waals surface area contributed by atoms with Gasteiger partial charge in [-0.15, -0.1) is 0 Å². The van der Waals surface area contributed by atoms with Crippen molar-refractivity contribution in [3.63, 3.8) is 0 Å².